The maximum Gasteiger partial charge on any atom is 0.131 e. The van der Waals surface area contributed by atoms with Gasteiger partial charge in [-0.15, -0.1) is 0 Å². The van der Waals surface area contributed by atoms with Crippen LogP contribution in [-0.4, -0.2) is 4.98 Å². The number of halogens is 1. The number of aryl methyl sites for hydroxylation is 1. The van der Waals surface area contributed by atoms with Crippen LogP contribution in [-0.2, 0) is 0 Å². The number of hydrogen-bond acceptors (Lipinski definition) is 1. The third kappa shape index (κ3) is 4.21. The second-order valence-corrected chi connectivity index (χ2v) is 4.27. The van der Waals surface area contributed by atoms with E-state index in [1.165, 1.54) is 5.56 Å². The van der Waals surface area contributed by atoms with E-state index in [1.54, 1.807) is 0 Å². The first-order chi connectivity index (χ1) is 7.02. The molecule has 0 N–H and O–H groups in total. The smallest absolute Gasteiger partial charge is 0.131 e. The Balaban J connectivity index is 0.000000921. The van der Waals surface area contributed by atoms with Gasteiger partial charge in [0.25, 0.3) is 0 Å². The van der Waals surface area contributed by atoms with E-state index in [-0.39, 0.29) is 0 Å². The average molecular weight is 228 g/mol. The van der Waals surface area contributed by atoms with Crippen LogP contribution in [0.5, 0.6) is 0 Å². The summed E-state index contributed by atoms with van der Waals surface area (Å²) in [5.41, 5.74) is 2.34. The molecule has 0 aliphatic heterocycles. The van der Waals surface area contributed by atoms with Crippen molar-refractivity contribution < 1.29 is 0 Å². The van der Waals surface area contributed by atoms with Gasteiger partial charge in [0.1, 0.15) is 5.15 Å². The summed E-state index contributed by atoms with van der Waals surface area (Å²) in [7, 11) is 0. The maximum absolute atomic E-state index is 5.85. The molecule has 1 aromatic heterocycles. The Bertz CT molecular complexity index is 295. The summed E-state index contributed by atoms with van der Waals surface area (Å²) in [6, 6.07) is 2.12. The first-order valence-corrected chi connectivity index (χ1v) is 6.02. The Morgan fingerprint density at radius 2 is 1.73 bits per heavy atom. The summed E-state index contributed by atoms with van der Waals surface area (Å²) in [5, 5.41) is 0.611. The monoisotopic (exact) mass is 227 g/mol. The molecule has 0 amide bonds. The van der Waals surface area contributed by atoms with Crippen LogP contribution in [0.2, 0.25) is 5.15 Å². The summed E-state index contributed by atoms with van der Waals surface area (Å²) >= 11 is 5.85. The van der Waals surface area contributed by atoms with E-state index in [1.807, 2.05) is 27.0 Å². The molecule has 0 radical (unpaired) electrons. The van der Waals surface area contributed by atoms with E-state index in [0.717, 1.165) is 5.56 Å². The van der Waals surface area contributed by atoms with Crippen LogP contribution in [0, 0.1) is 12.8 Å². The molecule has 1 heterocycles. The summed E-state index contributed by atoms with van der Waals surface area (Å²) in [5.74, 6) is 1.19. The Morgan fingerprint density at radius 1 is 1.20 bits per heavy atom. The van der Waals surface area contributed by atoms with Crippen molar-refractivity contribution in [1.82, 2.24) is 4.98 Å². The quantitative estimate of drug-likeness (QED) is 0.660. The molecule has 86 valence electrons. The fourth-order valence-electron chi connectivity index (χ4n) is 1.21. The molecule has 0 saturated heterocycles. The normalized spacial score (nSPS) is 12.0. The highest BCUT2D eigenvalue weighted by Crippen LogP contribution is 2.25. The standard InChI is InChI=1S/C11H16ClN.C2H6/c1-7(2)9(4)10-5-8(3)11(12)13-6-10;1-2/h5-7,9H,1-4H3;1-2H3. The minimum Gasteiger partial charge on any atom is -0.244 e. The van der Waals surface area contributed by atoms with Crippen LogP contribution in [0.15, 0.2) is 12.3 Å². The van der Waals surface area contributed by atoms with Gasteiger partial charge in [-0.05, 0) is 29.9 Å². The molecule has 1 aromatic rings. The van der Waals surface area contributed by atoms with Crippen molar-refractivity contribution in [2.45, 2.75) is 47.5 Å². The molecule has 1 nitrogen and oxygen atoms in total. The van der Waals surface area contributed by atoms with Crippen LogP contribution in [0.25, 0.3) is 0 Å². The summed E-state index contributed by atoms with van der Waals surface area (Å²) in [6.45, 7) is 12.6. The third-order valence-corrected chi connectivity index (χ3v) is 2.96. The molecule has 0 bridgehead atoms. The van der Waals surface area contributed by atoms with Gasteiger partial charge in [-0.3, -0.25) is 0 Å². The van der Waals surface area contributed by atoms with Crippen molar-refractivity contribution in [2.24, 2.45) is 5.92 Å². The minimum absolute atomic E-state index is 0.545. The molecule has 0 saturated carbocycles. The number of pyridine rings is 1. The predicted molar refractivity (Wildman–Crippen MR) is 68.6 cm³/mol. The van der Waals surface area contributed by atoms with E-state index >= 15 is 0 Å². The molecule has 0 fully saturated rings. The number of rotatable bonds is 2. The van der Waals surface area contributed by atoms with Crippen molar-refractivity contribution in [3.8, 4) is 0 Å². The Morgan fingerprint density at radius 3 is 2.13 bits per heavy atom. The fraction of sp³-hybridized carbons (Fsp3) is 0.615. The Kier molecular flexibility index (Phi) is 6.58. The second kappa shape index (κ2) is 6.84. The van der Waals surface area contributed by atoms with Gasteiger partial charge in [0, 0.05) is 6.20 Å². The van der Waals surface area contributed by atoms with E-state index < -0.39 is 0 Å². The van der Waals surface area contributed by atoms with Gasteiger partial charge in [0.05, 0.1) is 0 Å². The van der Waals surface area contributed by atoms with Crippen LogP contribution >= 0.6 is 11.6 Å². The zero-order valence-electron chi connectivity index (χ0n) is 10.6. The lowest BCUT2D eigenvalue weighted by Crippen LogP contribution is -2.03. The van der Waals surface area contributed by atoms with Crippen LogP contribution in [0.4, 0.5) is 0 Å². The number of hydrogen-bond donors (Lipinski definition) is 0. The van der Waals surface area contributed by atoms with Gasteiger partial charge in [0.2, 0.25) is 0 Å². The first kappa shape index (κ1) is 14.4. The summed E-state index contributed by atoms with van der Waals surface area (Å²) in [6.07, 6.45) is 1.88. The van der Waals surface area contributed by atoms with E-state index in [0.29, 0.717) is 17.0 Å². The minimum atomic E-state index is 0.545. The molecule has 0 aliphatic carbocycles. The molecule has 1 unspecified atom stereocenters. The lowest BCUT2D eigenvalue weighted by molar-refractivity contribution is 0.533. The van der Waals surface area contributed by atoms with Crippen molar-refractivity contribution in [3.05, 3.63) is 28.5 Å². The van der Waals surface area contributed by atoms with Crippen LogP contribution < -0.4 is 0 Å². The van der Waals surface area contributed by atoms with Crippen molar-refractivity contribution >= 4 is 11.6 Å². The topological polar surface area (TPSA) is 12.9 Å². The highest BCUT2D eigenvalue weighted by molar-refractivity contribution is 6.30. The lowest BCUT2D eigenvalue weighted by Gasteiger charge is -2.16. The molecule has 15 heavy (non-hydrogen) atoms. The highest BCUT2D eigenvalue weighted by atomic mass is 35.5. The molecular formula is C13H22ClN. The zero-order valence-corrected chi connectivity index (χ0v) is 11.4. The highest BCUT2D eigenvalue weighted by Gasteiger charge is 2.10. The first-order valence-electron chi connectivity index (χ1n) is 5.64. The summed E-state index contributed by atoms with van der Waals surface area (Å²) < 4.78 is 0. The van der Waals surface area contributed by atoms with Gasteiger partial charge in [-0.1, -0.05) is 52.3 Å². The predicted octanol–water partition coefficient (Wildman–Crippen LogP) is 4.83. The van der Waals surface area contributed by atoms with Crippen LogP contribution in [0.3, 0.4) is 0 Å². The molecule has 1 rings (SSSR count). The fourth-order valence-corrected chi connectivity index (χ4v) is 1.32. The number of nitrogens with zero attached hydrogens (tertiary/aromatic N) is 1. The SMILES string of the molecule is CC.Cc1cc(C(C)C(C)C)cnc1Cl. The third-order valence-electron chi connectivity index (χ3n) is 2.56. The second-order valence-electron chi connectivity index (χ2n) is 3.91. The maximum atomic E-state index is 5.85. The molecule has 0 aliphatic rings. The molecule has 0 spiro atoms. The average Bonchev–Trinajstić information content (AvgIpc) is 2.24. The number of aromatic nitrogens is 1. The van der Waals surface area contributed by atoms with Gasteiger partial charge >= 0.3 is 0 Å². The van der Waals surface area contributed by atoms with Crippen LogP contribution in [0.1, 0.15) is 51.7 Å². The largest absolute Gasteiger partial charge is 0.244 e. The molecule has 0 aromatic carbocycles. The Labute approximate surface area is 98.9 Å². The van der Waals surface area contributed by atoms with Gasteiger partial charge in [0.15, 0.2) is 0 Å². The molecule has 2 heteroatoms. The van der Waals surface area contributed by atoms with Crippen molar-refractivity contribution in [2.75, 3.05) is 0 Å². The van der Waals surface area contributed by atoms with Gasteiger partial charge in [-0.2, -0.15) is 0 Å². The van der Waals surface area contributed by atoms with E-state index in [2.05, 4.69) is 31.8 Å². The Hall–Kier alpha value is -0.560. The zero-order chi connectivity index (χ0) is 12.0. The van der Waals surface area contributed by atoms with E-state index in [4.69, 9.17) is 11.6 Å². The lowest BCUT2D eigenvalue weighted by atomic mass is 9.91. The van der Waals surface area contributed by atoms with Gasteiger partial charge in [-0.25, -0.2) is 4.98 Å². The van der Waals surface area contributed by atoms with Crippen molar-refractivity contribution in [1.29, 1.82) is 0 Å². The molecular weight excluding hydrogens is 206 g/mol. The molecule has 1 atom stereocenters. The van der Waals surface area contributed by atoms with Crippen molar-refractivity contribution in [3.63, 3.8) is 0 Å². The summed E-state index contributed by atoms with van der Waals surface area (Å²) in [4.78, 5) is 4.15. The van der Waals surface area contributed by atoms with E-state index in [9.17, 15) is 0 Å². The van der Waals surface area contributed by atoms with Gasteiger partial charge < -0.3 is 0 Å².